The topological polar surface area (TPSA) is 74.2 Å². The molecule has 1 saturated carbocycles. The summed E-state index contributed by atoms with van der Waals surface area (Å²) in [6, 6.07) is 3.49. The second kappa shape index (κ2) is 4.38. The second-order valence-corrected chi connectivity index (χ2v) is 4.09. The van der Waals surface area contributed by atoms with E-state index >= 15 is 0 Å². The Morgan fingerprint density at radius 1 is 1.27 bits per heavy atom. The van der Waals surface area contributed by atoms with Crippen LogP contribution in [0.15, 0.2) is 12.1 Å². The van der Waals surface area contributed by atoms with Crippen LogP contribution in [0.2, 0.25) is 0 Å². The summed E-state index contributed by atoms with van der Waals surface area (Å²) in [4.78, 5) is 4.06. The minimum absolute atomic E-state index is 0.346. The van der Waals surface area contributed by atoms with Crippen LogP contribution in [-0.2, 0) is 0 Å². The third kappa shape index (κ3) is 2.52. The Labute approximate surface area is 89.6 Å². The smallest absolute Gasteiger partial charge is 0.215 e. The first-order valence-corrected chi connectivity index (χ1v) is 5.40. The Morgan fingerprint density at radius 2 is 2.00 bits per heavy atom. The maximum Gasteiger partial charge on any atom is 0.215 e. The van der Waals surface area contributed by atoms with Crippen molar-refractivity contribution in [2.24, 2.45) is 5.92 Å². The lowest BCUT2D eigenvalue weighted by molar-refractivity contribution is 0.244. The van der Waals surface area contributed by atoms with Gasteiger partial charge in [-0.05, 0) is 24.8 Å². The molecule has 1 fully saturated rings. The molecule has 1 heterocycles. The Hall–Kier alpha value is -1.45. The molecule has 82 valence electrons. The molecule has 4 N–H and O–H groups in total. The summed E-state index contributed by atoms with van der Waals surface area (Å²) in [7, 11) is 0. The molecule has 0 bridgehead atoms. The van der Waals surface area contributed by atoms with Gasteiger partial charge in [0.15, 0.2) is 5.82 Å². The number of anilines is 2. The molecule has 2 rings (SSSR count). The lowest BCUT2D eigenvalue weighted by Crippen LogP contribution is -2.09. The molecule has 4 nitrogen and oxygen atoms in total. The zero-order valence-corrected chi connectivity index (χ0v) is 8.78. The Balaban J connectivity index is 1.90. The van der Waals surface area contributed by atoms with E-state index in [0.717, 1.165) is 6.61 Å². The highest BCUT2D eigenvalue weighted by Crippen LogP contribution is 2.25. The van der Waals surface area contributed by atoms with Crippen LogP contribution in [-0.4, -0.2) is 11.6 Å². The van der Waals surface area contributed by atoms with E-state index in [2.05, 4.69) is 4.98 Å². The molecule has 0 saturated heterocycles. The molecule has 1 aliphatic carbocycles. The molecule has 0 unspecified atom stereocenters. The fraction of sp³-hybridized carbons (Fsp3) is 0.545. The quantitative estimate of drug-likeness (QED) is 0.792. The zero-order valence-electron chi connectivity index (χ0n) is 8.78. The van der Waals surface area contributed by atoms with Gasteiger partial charge in [0.05, 0.1) is 12.3 Å². The van der Waals surface area contributed by atoms with Crippen molar-refractivity contribution >= 4 is 11.5 Å². The van der Waals surface area contributed by atoms with E-state index in [0.29, 0.717) is 23.3 Å². The van der Waals surface area contributed by atoms with Crippen molar-refractivity contribution in [1.29, 1.82) is 0 Å². The minimum Gasteiger partial charge on any atom is -0.477 e. The summed E-state index contributed by atoms with van der Waals surface area (Å²) in [5.74, 6) is 1.61. The normalized spacial score (nSPS) is 16.8. The van der Waals surface area contributed by atoms with E-state index < -0.39 is 0 Å². The van der Waals surface area contributed by atoms with Gasteiger partial charge in [-0.3, -0.25) is 0 Å². The van der Waals surface area contributed by atoms with E-state index in [1.165, 1.54) is 25.7 Å². The first-order valence-electron chi connectivity index (χ1n) is 5.40. The predicted molar refractivity (Wildman–Crippen MR) is 60.5 cm³/mol. The number of aromatic nitrogens is 1. The number of nitrogens with zero attached hydrogens (tertiary/aromatic N) is 1. The highest BCUT2D eigenvalue weighted by molar-refractivity contribution is 5.58. The number of pyridine rings is 1. The van der Waals surface area contributed by atoms with Crippen LogP contribution in [0.3, 0.4) is 0 Å². The maximum atomic E-state index is 5.59. The molecular weight excluding hydrogens is 190 g/mol. The average molecular weight is 207 g/mol. The maximum absolute atomic E-state index is 5.59. The van der Waals surface area contributed by atoms with E-state index in [-0.39, 0.29) is 0 Å². The minimum atomic E-state index is 0.346. The van der Waals surface area contributed by atoms with Gasteiger partial charge in [0.25, 0.3) is 0 Å². The molecule has 4 heteroatoms. The predicted octanol–water partition coefficient (Wildman–Crippen LogP) is 1.82. The Bertz CT molecular complexity index is 335. The highest BCUT2D eigenvalue weighted by Gasteiger charge is 2.15. The molecule has 0 radical (unpaired) electrons. The third-order valence-corrected chi connectivity index (χ3v) is 2.87. The van der Waals surface area contributed by atoms with Gasteiger partial charge in [0, 0.05) is 6.07 Å². The van der Waals surface area contributed by atoms with Crippen LogP contribution >= 0.6 is 0 Å². The van der Waals surface area contributed by atoms with Gasteiger partial charge in [-0.15, -0.1) is 0 Å². The fourth-order valence-electron chi connectivity index (χ4n) is 1.93. The van der Waals surface area contributed by atoms with Crippen LogP contribution in [0.25, 0.3) is 0 Å². The van der Waals surface area contributed by atoms with Crippen LogP contribution in [0, 0.1) is 5.92 Å². The van der Waals surface area contributed by atoms with Crippen LogP contribution in [0.5, 0.6) is 5.88 Å². The van der Waals surface area contributed by atoms with E-state index in [4.69, 9.17) is 16.2 Å². The molecule has 1 aromatic heterocycles. The van der Waals surface area contributed by atoms with Crippen molar-refractivity contribution in [2.45, 2.75) is 25.7 Å². The molecule has 0 spiro atoms. The highest BCUT2D eigenvalue weighted by atomic mass is 16.5. The summed E-state index contributed by atoms with van der Waals surface area (Å²) in [6.07, 6.45) is 5.19. The van der Waals surface area contributed by atoms with Crippen molar-refractivity contribution in [2.75, 3.05) is 18.1 Å². The van der Waals surface area contributed by atoms with Gasteiger partial charge in [-0.2, -0.15) is 4.98 Å². The number of rotatable bonds is 3. The Kier molecular flexibility index (Phi) is 2.94. The monoisotopic (exact) mass is 207 g/mol. The Morgan fingerprint density at radius 3 is 2.67 bits per heavy atom. The summed E-state index contributed by atoms with van der Waals surface area (Å²) in [5, 5.41) is 0. The van der Waals surface area contributed by atoms with Crippen molar-refractivity contribution in [3.8, 4) is 5.88 Å². The van der Waals surface area contributed by atoms with Crippen LogP contribution in [0.4, 0.5) is 11.5 Å². The summed E-state index contributed by atoms with van der Waals surface area (Å²) in [6.45, 7) is 0.746. The summed E-state index contributed by atoms with van der Waals surface area (Å²) >= 11 is 0. The van der Waals surface area contributed by atoms with Crippen LogP contribution in [0.1, 0.15) is 25.7 Å². The van der Waals surface area contributed by atoms with Gasteiger partial charge in [-0.25, -0.2) is 0 Å². The molecule has 0 aromatic carbocycles. The van der Waals surface area contributed by atoms with Gasteiger partial charge in [0.1, 0.15) is 0 Å². The van der Waals surface area contributed by atoms with Gasteiger partial charge in [0.2, 0.25) is 5.88 Å². The molecule has 1 aromatic rings. The molecule has 0 amide bonds. The summed E-state index contributed by atoms with van der Waals surface area (Å²) < 4.78 is 5.58. The van der Waals surface area contributed by atoms with Gasteiger partial charge >= 0.3 is 0 Å². The van der Waals surface area contributed by atoms with Crippen LogP contribution < -0.4 is 16.2 Å². The number of nitrogens with two attached hydrogens (primary N) is 2. The first kappa shape index (κ1) is 10.1. The SMILES string of the molecule is Nc1ccc(OCC2CCCC2)nc1N. The number of nitrogen functional groups attached to an aromatic ring is 2. The number of ether oxygens (including phenoxy) is 1. The van der Waals surface area contributed by atoms with E-state index in [1.807, 2.05) is 0 Å². The van der Waals surface area contributed by atoms with E-state index in [1.54, 1.807) is 12.1 Å². The lowest BCUT2D eigenvalue weighted by Gasteiger charge is -2.11. The van der Waals surface area contributed by atoms with Gasteiger partial charge in [-0.1, -0.05) is 12.8 Å². The molecule has 0 aliphatic heterocycles. The molecule has 1 aliphatic rings. The lowest BCUT2D eigenvalue weighted by atomic mass is 10.1. The van der Waals surface area contributed by atoms with Crippen molar-refractivity contribution < 1.29 is 4.74 Å². The van der Waals surface area contributed by atoms with E-state index in [9.17, 15) is 0 Å². The molecule has 15 heavy (non-hydrogen) atoms. The van der Waals surface area contributed by atoms with Gasteiger partial charge < -0.3 is 16.2 Å². The fourth-order valence-corrected chi connectivity index (χ4v) is 1.93. The first-order chi connectivity index (χ1) is 7.25. The molecule has 0 atom stereocenters. The van der Waals surface area contributed by atoms with Crippen molar-refractivity contribution in [3.05, 3.63) is 12.1 Å². The molecular formula is C11H17N3O. The zero-order chi connectivity index (χ0) is 10.7. The second-order valence-electron chi connectivity index (χ2n) is 4.09. The standard InChI is InChI=1S/C11H17N3O/c12-9-5-6-10(14-11(9)13)15-7-8-3-1-2-4-8/h5-6,8H,1-4,7,12H2,(H2,13,14). The number of hydrogen-bond donors (Lipinski definition) is 2. The number of hydrogen-bond acceptors (Lipinski definition) is 4. The van der Waals surface area contributed by atoms with Crippen molar-refractivity contribution in [3.63, 3.8) is 0 Å². The average Bonchev–Trinajstić information content (AvgIpc) is 2.73. The summed E-state index contributed by atoms with van der Waals surface area (Å²) in [5.41, 5.74) is 11.7. The van der Waals surface area contributed by atoms with Crippen molar-refractivity contribution in [1.82, 2.24) is 4.98 Å². The largest absolute Gasteiger partial charge is 0.477 e. The third-order valence-electron chi connectivity index (χ3n) is 2.87.